The minimum Gasteiger partial charge on any atom is -0.497 e. The second-order valence-electron chi connectivity index (χ2n) is 6.04. The highest BCUT2D eigenvalue weighted by atomic mass is 35.5. The van der Waals surface area contributed by atoms with Gasteiger partial charge in [0, 0.05) is 26.9 Å². The minimum absolute atomic E-state index is 0.160. The van der Waals surface area contributed by atoms with E-state index in [4.69, 9.17) is 16.3 Å². The van der Waals surface area contributed by atoms with Crippen LogP contribution >= 0.6 is 11.6 Å². The van der Waals surface area contributed by atoms with Crippen LogP contribution in [0.3, 0.4) is 0 Å². The summed E-state index contributed by atoms with van der Waals surface area (Å²) in [5, 5.41) is 12.6. The Morgan fingerprint density at radius 3 is 2.56 bits per heavy atom. The van der Waals surface area contributed by atoms with Crippen LogP contribution in [0.2, 0.25) is 5.02 Å². The number of hydrogen-bond donors (Lipinski definition) is 1. The van der Waals surface area contributed by atoms with E-state index in [2.05, 4.69) is 0 Å². The van der Waals surface area contributed by atoms with Crippen molar-refractivity contribution >= 4 is 44.6 Å². The van der Waals surface area contributed by atoms with Gasteiger partial charge < -0.3 is 9.84 Å². The smallest absolute Gasteiger partial charge is 0.307 e. The maximum atomic E-state index is 13.0. The quantitative estimate of drug-likeness (QED) is 0.570. The van der Waals surface area contributed by atoms with Gasteiger partial charge in [0.25, 0.3) is 5.56 Å². The van der Waals surface area contributed by atoms with Gasteiger partial charge in [-0.15, -0.1) is 0 Å². The fourth-order valence-electron chi connectivity index (χ4n) is 3.57. The molecule has 0 amide bonds. The van der Waals surface area contributed by atoms with E-state index in [0.29, 0.717) is 38.3 Å². The first kappa shape index (κ1) is 15.7. The Bertz CT molecular complexity index is 1230. The molecule has 2 aromatic carbocycles. The van der Waals surface area contributed by atoms with Crippen molar-refractivity contribution in [3.8, 4) is 5.75 Å². The fraction of sp³-hybridized carbons (Fsp3) is 0.158. The van der Waals surface area contributed by atoms with E-state index in [1.165, 1.54) is 0 Å². The first-order valence-corrected chi connectivity index (χ1v) is 8.08. The summed E-state index contributed by atoms with van der Waals surface area (Å²) in [7, 11) is 1.56. The molecule has 0 bridgehead atoms. The molecule has 126 valence electrons. The molecule has 0 atom stereocenters. The van der Waals surface area contributed by atoms with Crippen LogP contribution in [0.25, 0.3) is 27.1 Å². The Morgan fingerprint density at radius 2 is 1.88 bits per heavy atom. The maximum Gasteiger partial charge on any atom is 0.307 e. The van der Waals surface area contributed by atoms with Crippen LogP contribution < -0.4 is 10.3 Å². The monoisotopic (exact) mass is 355 g/mol. The summed E-state index contributed by atoms with van der Waals surface area (Å²) >= 11 is 6.14. The second kappa shape index (κ2) is 5.36. The first-order valence-electron chi connectivity index (χ1n) is 7.70. The normalized spacial score (nSPS) is 11.6. The molecule has 4 rings (SSSR count). The van der Waals surface area contributed by atoms with Crippen molar-refractivity contribution in [3.63, 3.8) is 0 Å². The number of hydrogen-bond acceptors (Lipinski definition) is 3. The van der Waals surface area contributed by atoms with E-state index in [1.807, 2.05) is 6.07 Å². The predicted octanol–water partition coefficient (Wildman–Crippen LogP) is 3.64. The van der Waals surface area contributed by atoms with Gasteiger partial charge in [0.05, 0.1) is 19.0 Å². The van der Waals surface area contributed by atoms with E-state index in [1.54, 1.807) is 42.7 Å². The molecule has 4 aromatic rings. The molecule has 0 saturated carbocycles. The van der Waals surface area contributed by atoms with Gasteiger partial charge in [-0.2, -0.15) is 0 Å². The first-order chi connectivity index (χ1) is 11.9. The van der Waals surface area contributed by atoms with Crippen molar-refractivity contribution in [2.24, 2.45) is 0 Å². The molecule has 6 heteroatoms. The SMILES string of the molecule is COc1cc2c(CC(=O)O)c(C)n3c(=O)c4ccc(Cl)cc4c(c1)c23. The van der Waals surface area contributed by atoms with Crippen molar-refractivity contribution < 1.29 is 14.6 Å². The largest absolute Gasteiger partial charge is 0.497 e. The third-order valence-electron chi connectivity index (χ3n) is 4.67. The fourth-order valence-corrected chi connectivity index (χ4v) is 3.75. The number of rotatable bonds is 3. The van der Waals surface area contributed by atoms with E-state index in [9.17, 15) is 14.7 Å². The van der Waals surface area contributed by atoms with E-state index in [-0.39, 0.29) is 12.0 Å². The van der Waals surface area contributed by atoms with E-state index in [0.717, 1.165) is 10.8 Å². The molecule has 0 fully saturated rings. The molecule has 0 radical (unpaired) electrons. The number of aliphatic carboxylic acids is 1. The molecular weight excluding hydrogens is 342 g/mol. The number of methoxy groups -OCH3 is 1. The van der Waals surface area contributed by atoms with Crippen LogP contribution in [-0.4, -0.2) is 22.6 Å². The van der Waals surface area contributed by atoms with Crippen molar-refractivity contribution in [2.75, 3.05) is 7.11 Å². The van der Waals surface area contributed by atoms with Gasteiger partial charge in [-0.25, -0.2) is 0 Å². The highest BCUT2D eigenvalue weighted by molar-refractivity contribution is 6.32. The number of halogens is 1. The maximum absolute atomic E-state index is 13.0. The average Bonchev–Trinajstić information content (AvgIpc) is 2.84. The van der Waals surface area contributed by atoms with Crippen LogP contribution in [0.4, 0.5) is 0 Å². The van der Waals surface area contributed by atoms with Crippen molar-refractivity contribution in [1.82, 2.24) is 4.40 Å². The van der Waals surface area contributed by atoms with Gasteiger partial charge in [-0.05, 0) is 48.2 Å². The number of aryl methyl sites for hydroxylation is 1. The topological polar surface area (TPSA) is 68.0 Å². The van der Waals surface area contributed by atoms with E-state index >= 15 is 0 Å². The van der Waals surface area contributed by atoms with Crippen LogP contribution in [-0.2, 0) is 11.2 Å². The number of pyridine rings is 1. The molecule has 0 saturated heterocycles. The molecular formula is C19H14ClNO4. The number of carboxylic acid groups (broad SMARTS) is 1. The zero-order valence-corrected chi connectivity index (χ0v) is 14.3. The van der Waals surface area contributed by atoms with Crippen LogP contribution in [0.15, 0.2) is 35.1 Å². The molecule has 0 aliphatic carbocycles. The van der Waals surface area contributed by atoms with E-state index < -0.39 is 5.97 Å². The highest BCUT2D eigenvalue weighted by Gasteiger charge is 2.21. The minimum atomic E-state index is -0.946. The van der Waals surface area contributed by atoms with Gasteiger partial charge >= 0.3 is 5.97 Å². The highest BCUT2D eigenvalue weighted by Crippen LogP contribution is 2.36. The number of benzene rings is 2. The lowest BCUT2D eigenvalue weighted by Crippen LogP contribution is -2.14. The number of ether oxygens (including phenoxy) is 1. The summed E-state index contributed by atoms with van der Waals surface area (Å²) in [4.78, 5) is 24.3. The second-order valence-corrected chi connectivity index (χ2v) is 6.47. The summed E-state index contributed by atoms with van der Waals surface area (Å²) < 4.78 is 6.99. The number of carbonyl (C=O) groups is 1. The van der Waals surface area contributed by atoms with Crippen molar-refractivity contribution in [3.05, 3.63) is 57.0 Å². The Hall–Kier alpha value is -2.79. The standard InChI is InChI=1S/C19H14ClNO4/c1-9-13(8-17(22)23)15-6-11(25-2)7-16-14-5-10(20)3-4-12(14)19(24)21(9)18(15)16/h3-7H,8H2,1-2H3,(H,22,23). The summed E-state index contributed by atoms with van der Waals surface area (Å²) in [5.41, 5.74) is 1.78. The molecule has 2 heterocycles. The molecule has 0 spiro atoms. The molecule has 0 aliphatic rings. The molecule has 2 aromatic heterocycles. The lowest BCUT2D eigenvalue weighted by Gasteiger charge is -2.09. The zero-order chi connectivity index (χ0) is 17.9. The van der Waals surface area contributed by atoms with Gasteiger partial charge in [-0.3, -0.25) is 14.0 Å². The van der Waals surface area contributed by atoms with Crippen molar-refractivity contribution in [2.45, 2.75) is 13.3 Å². The average molecular weight is 356 g/mol. The zero-order valence-electron chi connectivity index (χ0n) is 13.6. The van der Waals surface area contributed by atoms with Gasteiger partial charge in [0.1, 0.15) is 5.75 Å². The van der Waals surface area contributed by atoms with Crippen LogP contribution in [0.5, 0.6) is 5.75 Å². The lowest BCUT2D eigenvalue weighted by molar-refractivity contribution is -0.136. The van der Waals surface area contributed by atoms with Crippen LogP contribution in [0.1, 0.15) is 11.3 Å². The summed E-state index contributed by atoms with van der Waals surface area (Å²) in [6, 6.07) is 8.77. The number of nitrogens with zero attached hydrogens (tertiary/aromatic N) is 1. The Balaban J connectivity index is 2.34. The summed E-state index contributed by atoms with van der Waals surface area (Å²) in [5.74, 6) is -0.342. The van der Waals surface area contributed by atoms with Gasteiger partial charge in [-0.1, -0.05) is 11.6 Å². The van der Waals surface area contributed by atoms with Gasteiger partial charge in [0.15, 0.2) is 0 Å². The Kier molecular flexibility index (Phi) is 3.37. The molecule has 5 nitrogen and oxygen atoms in total. The molecule has 0 aliphatic heterocycles. The third kappa shape index (κ3) is 2.16. The van der Waals surface area contributed by atoms with Gasteiger partial charge in [0.2, 0.25) is 0 Å². The number of carboxylic acids is 1. The summed E-state index contributed by atoms with van der Waals surface area (Å²) in [6.07, 6.45) is -0.160. The van der Waals surface area contributed by atoms with Crippen molar-refractivity contribution in [1.29, 1.82) is 0 Å². The number of aromatic nitrogens is 1. The Morgan fingerprint density at radius 1 is 1.16 bits per heavy atom. The summed E-state index contributed by atoms with van der Waals surface area (Å²) in [6.45, 7) is 1.77. The predicted molar refractivity (Wildman–Crippen MR) is 97.5 cm³/mol. The lowest BCUT2D eigenvalue weighted by atomic mass is 10.0. The molecule has 25 heavy (non-hydrogen) atoms. The molecule has 1 N–H and O–H groups in total. The third-order valence-corrected chi connectivity index (χ3v) is 4.91. The number of fused-ring (bicyclic) bond motifs is 2. The Labute approximate surface area is 147 Å². The molecule has 0 unspecified atom stereocenters. The van der Waals surface area contributed by atoms with Crippen LogP contribution in [0, 0.1) is 6.92 Å².